The Bertz CT molecular complexity index is 306. The van der Waals surface area contributed by atoms with E-state index in [9.17, 15) is 14.4 Å². The highest BCUT2D eigenvalue weighted by molar-refractivity contribution is 8.00. The van der Waals surface area contributed by atoms with Crippen molar-refractivity contribution in [1.82, 2.24) is 4.90 Å². The number of likely N-dealkylation sites (tertiary alicyclic amines) is 1. The molecule has 0 aliphatic carbocycles. The predicted octanol–water partition coefficient (Wildman–Crippen LogP) is -0.120. The molecular weight excluding hydrogens is 234 g/mol. The van der Waals surface area contributed by atoms with Crippen LogP contribution in [-0.2, 0) is 14.4 Å². The Morgan fingerprint density at radius 3 is 2.50 bits per heavy atom. The van der Waals surface area contributed by atoms with Gasteiger partial charge in [-0.2, -0.15) is 0 Å². The zero-order chi connectivity index (χ0) is 12.1. The molecule has 0 unspecified atom stereocenters. The molecule has 1 rings (SSSR count). The zero-order valence-electron chi connectivity index (χ0n) is 8.59. The van der Waals surface area contributed by atoms with Gasteiger partial charge in [0.25, 0.3) is 0 Å². The third-order valence-electron chi connectivity index (χ3n) is 2.31. The number of hydrogen-bond acceptors (Lipinski definition) is 4. The van der Waals surface area contributed by atoms with Crippen LogP contribution >= 0.6 is 11.8 Å². The topological polar surface area (TPSA) is 94.9 Å². The first-order valence-corrected chi connectivity index (χ1v) is 5.99. The van der Waals surface area contributed by atoms with E-state index in [2.05, 4.69) is 0 Å². The molecule has 16 heavy (non-hydrogen) atoms. The van der Waals surface area contributed by atoms with E-state index in [1.807, 2.05) is 0 Å². The second kappa shape index (κ2) is 5.74. The van der Waals surface area contributed by atoms with Crippen molar-refractivity contribution in [3.05, 3.63) is 0 Å². The average molecular weight is 247 g/mol. The lowest BCUT2D eigenvalue weighted by Gasteiger charge is -2.20. The van der Waals surface area contributed by atoms with Crippen LogP contribution in [0, 0.1) is 0 Å². The van der Waals surface area contributed by atoms with Crippen LogP contribution in [0.15, 0.2) is 0 Å². The van der Waals surface area contributed by atoms with Crippen LogP contribution in [0.4, 0.5) is 0 Å². The molecular formula is C9H13NO5S. The maximum absolute atomic E-state index is 11.6. The SMILES string of the molecule is O=C(O)CSCC(=O)N1CCC[C@H]1C(=O)O. The lowest BCUT2D eigenvalue weighted by atomic mass is 10.2. The smallest absolute Gasteiger partial charge is 0.326 e. The zero-order valence-corrected chi connectivity index (χ0v) is 9.40. The third-order valence-corrected chi connectivity index (χ3v) is 3.21. The molecule has 6 nitrogen and oxygen atoms in total. The van der Waals surface area contributed by atoms with Crippen LogP contribution in [0.1, 0.15) is 12.8 Å². The Morgan fingerprint density at radius 2 is 1.94 bits per heavy atom. The fourth-order valence-corrected chi connectivity index (χ4v) is 2.25. The summed E-state index contributed by atoms with van der Waals surface area (Å²) in [5, 5.41) is 17.2. The first-order valence-electron chi connectivity index (χ1n) is 4.84. The lowest BCUT2D eigenvalue weighted by Crippen LogP contribution is -2.41. The molecule has 1 aliphatic heterocycles. The molecule has 0 radical (unpaired) electrons. The van der Waals surface area contributed by atoms with Crippen molar-refractivity contribution < 1.29 is 24.6 Å². The van der Waals surface area contributed by atoms with E-state index in [1.54, 1.807) is 0 Å². The van der Waals surface area contributed by atoms with Crippen LogP contribution in [0.3, 0.4) is 0 Å². The molecule has 1 amide bonds. The molecule has 90 valence electrons. The molecule has 1 aliphatic rings. The average Bonchev–Trinajstić information content (AvgIpc) is 2.65. The third kappa shape index (κ3) is 3.41. The van der Waals surface area contributed by atoms with Gasteiger partial charge in [0.15, 0.2) is 0 Å². The minimum absolute atomic E-state index is 0.0239. The summed E-state index contributed by atoms with van der Waals surface area (Å²) in [6, 6.07) is -0.738. The summed E-state index contributed by atoms with van der Waals surface area (Å²) < 4.78 is 0. The molecule has 0 saturated carbocycles. The molecule has 1 saturated heterocycles. The van der Waals surface area contributed by atoms with E-state index in [1.165, 1.54) is 4.90 Å². The van der Waals surface area contributed by atoms with Gasteiger partial charge in [-0.25, -0.2) is 4.79 Å². The lowest BCUT2D eigenvalue weighted by molar-refractivity contribution is -0.147. The maximum Gasteiger partial charge on any atom is 0.326 e. The number of amides is 1. The number of nitrogens with zero attached hydrogens (tertiary/aromatic N) is 1. The van der Waals surface area contributed by atoms with Gasteiger partial charge < -0.3 is 15.1 Å². The van der Waals surface area contributed by atoms with Crippen molar-refractivity contribution in [3.63, 3.8) is 0 Å². The largest absolute Gasteiger partial charge is 0.481 e. The Balaban J connectivity index is 2.41. The highest BCUT2D eigenvalue weighted by Crippen LogP contribution is 2.18. The van der Waals surface area contributed by atoms with Crippen molar-refractivity contribution in [2.75, 3.05) is 18.1 Å². The monoisotopic (exact) mass is 247 g/mol. The quantitative estimate of drug-likeness (QED) is 0.703. The highest BCUT2D eigenvalue weighted by Gasteiger charge is 2.33. The number of aliphatic carboxylic acids is 2. The Hall–Kier alpha value is -1.24. The molecule has 1 heterocycles. The summed E-state index contributed by atoms with van der Waals surface area (Å²) in [6.45, 7) is 0.448. The van der Waals surface area contributed by atoms with E-state index in [-0.39, 0.29) is 17.4 Å². The predicted molar refractivity (Wildman–Crippen MR) is 57.3 cm³/mol. The fraction of sp³-hybridized carbons (Fsp3) is 0.667. The number of carboxylic acids is 2. The number of carbonyl (C=O) groups is 3. The van der Waals surface area contributed by atoms with E-state index in [0.717, 1.165) is 11.8 Å². The summed E-state index contributed by atoms with van der Waals surface area (Å²) in [7, 11) is 0. The molecule has 7 heteroatoms. The van der Waals surface area contributed by atoms with E-state index >= 15 is 0 Å². The summed E-state index contributed by atoms with van der Waals surface area (Å²) in [4.78, 5) is 33.9. The van der Waals surface area contributed by atoms with Gasteiger partial charge in [-0.1, -0.05) is 0 Å². The molecule has 0 spiro atoms. The summed E-state index contributed by atoms with van der Waals surface area (Å²) >= 11 is 0.986. The minimum Gasteiger partial charge on any atom is -0.481 e. The highest BCUT2D eigenvalue weighted by atomic mass is 32.2. The van der Waals surface area contributed by atoms with Gasteiger partial charge in [-0.3, -0.25) is 9.59 Å². The summed E-state index contributed by atoms with van der Waals surface area (Å²) in [5.74, 6) is -2.38. The number of thioether (sulfide) groups is 1. The van der Waals surface area contributed by atoms with Crippen LogP contribution in [0.2, 0.25) is 0 Å². The maximum atomic E-state index is 11.6. The number of carboxylic acid groups (broad SMARTS) is 2. The molecule has 0 aromatic carbocycles. The molecule has 2 N–H and O–H groups in total. The van der Waals surface area contributed by atoms with Gasteiger partial charge in [0, 0.05) is 6.54 Å². The Morgan fingerprint density at radius 1 is 1.25 bits per heavy atom. The second-order valence-corrected chi connectivity index (χ2v) is 4.46. The summed E-state index contributed by atoms with van der Waals surface area (Å²) in [6.07, 6.45) is 1.16. The normalized spacial score (nSPS) is 19.8. The van der Waals surface area contributed by atoms with Gasteiger partial charge in [-0.05, 0) is 12.8 Å². The van der Waals surface area contributed by atoms with Crippen LogP contribution in [0.5, 0.6) is 0 Å². The van der Waals surface area contributed by atoms with Gasteiger partial charge in [0.2, 0.25) is 5.91 Å². The first-order chi connectivity index (χ1) is 7.52. The van der Waals surface area contributed by atoms with Crippen LogP contribution < -0.4 is 0 Å². The number of carbonyl (C=O) groups excluding carboxylic acids is 1. The first kappa shape index (κ1) is 12.8. The van der Waals surface area contributed by atoms with Crippen molar-refractivity contribution in [2.24, 2.45) is 0 Å². The van der Waals surface area contributed by atoms with Crippen molar-refractivity contribution in [2.45, 2.75) is 18.9 Å². The number of rotatable bonds is 5. The molecule has 0 bridgehead atoms. The number of hydrogen-bond donors (Lipinski definition) is 2. The van der Waals surface area contributed by atoms with Crippen molar-refractivity contribution in [1.29, 1.82) is 0 Å². The van der Waals surface area contributed by atoms with Crippen molar-refractivity contribution in [3.8, 4) is 0 Å². The van der Waals surface area contributed by atoms with Gasteiger partial charge in [0.1, 0.15) is 6.04 Å². The van der Waals surface area contributed by atoms with Crippen LogP contribution in [0.25, 0.3) is 0 Å². The van der Waals surface area contributed by atoms with Gasteiger partial charge in [0.05, 0.1) is 11.5 Å². The standard InChI is InChI=1S/C9H13NO5S/c11-7(4-16-5-8(12)13)10-3-1-2-6(10)9(14)15/h6H,1-5H2,(H,12,13)(H,14,15)/t6-/m0/s1. The summed E-state index contributed by atoms with van der Waals surface area (Å²) in [5.41, 5.74) is 0. The van der Waals surface area contributed by atoms with Crippen molar-refractivity contribution >= 4 is 29.6 Å². The molecule has 0 aromatic rings. The Kier molecular flexibility index (Phi) is 4.60. The van der Waals surface area contributed by atoms with E-state index in [4.69, 9.17) is 10.2 Å². The van der Waals surface area contributed by atoms with Gasteiger partial charge in [-0.15, -0.1) is 11.8 Å². The molecule has 0 aromatic heterocycles. The minimum atomic E-state index is -0.992. The molecule has 1 atom stereocenters. The molecule has 1 fully saturated rings. The van der Waals surface area contributed by atoms with Gasteiger partial charge >= 0.3 is 11.9 Å². The van der Waals surface area contributed by atoms with E-state index in [0.29, 0.717) is 19.4 Å². The Labute approximate surface area is 96.6 Å². The van der Waals surface area contributed by atoms with E-state index < -0.39 is 18.0 Å². The fourth-order valence-electron chi connectivity index (χ4n) is 1.63. The van der Waals surface area contributed by atoms with Crippen LogP contribution in [-0.4, -0.2) is 57.1 Å². The second-order valence-electron chi connectivity index (χ2n) is 3.47.